The second-order valence-electron chi connectivity index (χ2n) is 0. The molecule has 0 atom stereocenters. The number of hydrogen-bond donors (Lipinski definition) is 0. The second-order valence-corrected chi connectivity index (χ2v) is 0. The standard InChI is InChI=1S/Al.Cu.Mg.Pb.7H/q;;+2;;;;;;;2*-1. The monoisotopic (exact) mass is 329 g/mol. The maximum atomic E-state index is 0. The second kappa shape index (κ2) is 17.2. The molecule has 0 aromatic carbocycles. The molecule has 0 aliphatic heterocycles. The Balaban J connectivity index is 0. The fraction of sp³-hybridized carbons (Fsp3) is 0. The van der Waals surface area contributed by atoms with Crippen molar-refractivity contribution in [3.05, 3.63) is 0 Å². The molecule has 4 heavy (non-hydrogen) atoms. The molecule has 0 saturated carbocycles. The molecule has 27 valence electrons. The van der Waals surface area contributed by atoms with E-state index in [1.807, 2.05) is 0 Å². The molecule has 0 aromatic heterocycles. The van der Waals surface area contributed by atoms with Crippen LogP contribution in [0.4, 0.5) is 0 Å². The minimum atomic E-state index is 0. The van der Waals surface area contributed by atoms with Crippen molar-refractivity contribution in [2.75, 3.05) is 0 Å². The summed E-state index contributed by atoms with van der Waals surface area (Å²) in [5, 5.41) is 0. The van der Waals surface area contributed by atoms with Gasteiger partial charge in [-0.3, -0.25) is 0 Å². The van der Waals surface area contributed by atoms with Crippen molar-refractivity contribution in [3.63, 3.8) is 0 Å². The fourth-order valence-electron chi connectivity index (χ4n) is 0. The predicted octanol–water partition coefficient (Wildman–Crippen LogP) is -2.26. The van der Waals surface area contributed by atoms with E-state index < -0.39 is 0 Å². The Morgan fingerprint density at radius 3 is 1.25 bits per heavy atom. The van der Waals surface area contributed by atoms with E-state index in [1.165, 1.54) is 0 Å². The van der Waals surface area contributed by atoms with E-state index in [4.69, 9.17) is 0 Å². The number of rotatable bonds is 0. The molecule has 0 aliphatic carbocycles. The van der Waals surface area contributed by atoms with Crippen molar-refractivity contribution in [1.82, 2.24) is 0 Å². The average Bonchev–Trinajstić information content (AvgIpc) is 0. The van der Waals surface area contributed by atoms with Gasteiger partial charge in [0.1, 0.15) is 0 Å². The van der Waals surface area contributed by atoms with E-state index in [1.54, 1.807) is 0 Å². The van der Waals surface area contributed by atoms with Crippen LogP contribution in [0.5, 0.6) is 0 Å². The van der Waals surface area contributed by atoms with Gasteiger partial charge in [0.2, 0.25) is 0 Å². The van der Waals surface area contributed by atoms with Gasteiger partial charge in [-0.15, -0.1) is 0 Å². The predicted molar refractivity (Wildman–Crippen MR) is 26.5 cm³/mol. The summed E-state index contributed by atoms with van der Waals surface area (Å²) in [5.74, 6) is 0. The number of hydrogen-bond acceptors (Lipinski definition) is 0. The van der Waals surface area contributed by atoms with E-state index in [-0.39, 0.29) is 87.6 Å². The zero-order chi connectivity index (χ0) is 0. The summed E-state index contributed by atoms with van der Waals surface area (Å²) in [6.45, 7) is 0. The Morgan fingerprint density at radius 2 is 1.25 bits per heavy atom. The molecule has 0 saturated heterocycles. The third kappa shape index (κ3) is 8.83. The third-order valence-corrected chi connectivity index (χ3v) is 0. The van der Waals surface area contributed by atoms with Gasteiger partial charge >= 0.3 is 50.4 Å². The van der Waals surface area contributed by atoms with Gasteiger partial charge in [0.25, 0.3) is 0 Å². The van der Waals surface area contributed by atoms with E-state index in [0.29, 0.717) is 0 Å². The minimum absolute atomic E-state index is 0. The molecular weight excluding hydrogens is 322 g/mol. The van der Waals surface area contributed by atoms with Crippen LogP contribution in [-0.4, -0.2) is 67.7 Å². The molecule has 0 aromatic rings. The molecule has 0 nitrogen and oxygen atoms in total. The fourth-order valence-corrected chi connectivity index (χ4v) is 0. The van der Waals surface area contributed by atoms with Crippen LogP contribution in [0.1, 0.15) is 2.85 Å². The van der Waals surface area contributed by atoms with Crippen molar-refractivity contribution in [3.8, 4) is 0 Å². The Bertz CT molecular complexity index is 13.5. The van der Waals surface area contributed by atoms with E-state index in [2.05, 4.69) is 0 Å². The molecule has 0 unspecified atom stereocenters. The molecule has 0 spiro atoms. The van der Waals surface area contributed by atoms with Crippen LogP contribution in [-0.2, 0) is 17.1 Å². The van der Waals surface area contributed by atoms with E-state index >= 15 is 0 Å². The first-order valence-corrected chi connectivity index (χ1v) is 0. The van der Waals surface area contributed by atoms with Crippen LogP contribution >= 0.6 is 0 Å². The summed E-state index contributed by atoms with van der Waals surface area (Å²) in [6, 6.07) is 0. The quantitative estimate of drug-likeness (QED) is 0.440. The normalized spacial score (nSPS) is 0. The molecule has 0 aliphatic rings. The van der Waals surface area contributed by atoms with Crippen molar-refractivity contribution in [1.29, 1.82) is 0 Å². The van der Waals surface area contributed by atoms with Crippen LogP contribution < -0.4 is 0 Å². The van der Waals surface area contributed by atoms with E-state index in [9.17, 15) is 0 Å². The van der Waals surface area contributed by atoms with Crippen LogP contribution in [0.2, 0.25) is 0 Å². The SMILES string of the molecule is [AlH3].[Cu].[H-].[H-].[Mg+2].[PbH2]. The van der Waals surface area contributed by atoms with Crippen LogP contribution in [0.15, 0.2) is 0 Å². The van der Waals surface area contributed by atoms with Gasteiger partial charge in [0.05, 0.1) is 0 Å². The van der Waals surface area contributed by atoms with Crippen molar-refractivity contribution in [2.45, 2.75) is 0 Å². The van der Waals surface area contributed by atoms with Gasteiger partial charge in [-0.25, -0.2) is 0 Å². The molecular formula is H7AlCuMgPb. The van der Waals surface area contributed by atoms with Crippen LogP contribution in [0.25, 0.3) is 0 Å². The molecule has 0 N–H and O–H groups in total. The summed E-state index contributed by atoms with van der Waals surface area (Å²) in [4.78, 5) is 0. The molecule has 0 bridgehead atoms. The van der Waals surface area contributed by atoms with Crippen LogP contribution in [0.3, 0.4) is 0 Å². The van der Waals surface area contributed by atoms with Crippen molar-refractivity contribution < 1.29 is 19.9 Å². The molecule has 4 heteroatoms. The van der Waals surface area contributed by atoms with Crippen LogP contribution in [0, 0.1) is 0 Å². The topological polar surface area (TPSA) is 0 Å². The summed E-state index contributed by atoms with van der Waals surface area (Å²) in [5.41, 5.74) is 0. The molecule has 0 heterocycles. The van der Waals surface area contributed by atoms with Gasteiger partial charge < -0.3 is 2.85 Å². The Labute approximate surface area is 86.4 Å². The first-order valence-electron chi connectivity index (χ1n) is 0. The molecule has 0 rings (SSSR count). The molecule has 3 radical (unpaired) electrons. The third-order valence-electron chi connectivity index (χ3n) is 0. The molecule has 0 amide bonds. The summed E-state index contributed by atoms with van der Waals surface area (Å²) in [6.07, 6.45) is 0. The van der Waals surface area contributed by atoms with Crippen molar-refractivity contribution in [2.24, 2.45) is 0 Å². The summed E-state index contributed by atoms with van der Waals surface area (Å²) < 4.78 is 0. The first kappa shape index (κ1) is 29.6. The Kier molecular flexibility index (Phi) is 127. The van der Waals surface area contributed by atoms with Gasteiger partial charge in [-0.1, -0.05) is 0 Å². The zero-order valence-corrected chi connectivity index (χ0v) is 9.57. The Morgan fingerprint density at radius 1 is 1.25 bits per heavy atom. The Hall–Kier alpha value is 2.74. The van der Waals surface area contributed by atoms with Gasteiger partial charge in [-0.2, -0.15) is 0 Å². The summed E-state index contributed by atoms with van der Waals surface area (Å²) in [7, 11) is 0. The molecule has 0 fully saturated rings. The summed E-state index contributed by atoms with van der Waals surface area (Å²) >= 11 is 0. The van der Waals surface area contributed by atoms with Gasteiger partial charge in [-0.05, 0) is 0 Å². The van der Waals surface area contributed by atoms with E-state index in [0.717, 1.165) is 0 Å². The van der Waals surface area contributed by atoms with Gasteiger partial charge in [0, 0.05) is 17.1 Å². The maximum absolute atomic E-state index is 0. The van der Waals surface area contributed by atoms with Gasteiger partial charge in [0.15, 0.2) is 17.4 Å². The average molecular weight is 329 g/mol. The van der Waals surface area contributed by atoms with Crippen molar-refractivity contribution >= 4 is 67.7 Å². The zero-order valence-electron chi connectivity index (χ0n) is 3.72. The first-order chi connectivity index (χ1) is 0.